The molecule has 2 saturated heterocycles. The zero-order valence-electron chi connectivity index (χ0n) is 21.8. The number of carbonyl (C=O) groups excluding carboxylic acids is 2. The summed E-state index contributed by atoms with van der Waals surface area (Å²) in [6, 6.07) is 17.0. The molecule has 5 rings (SSSR count). The van der Waals surface area contributed by atoms with Crippen LogP contribution < -0.4 is 9.64 Å². The lowest BCUT2D eigenvalue weighted by Crippen LogP contribution is -2.42. The fourth-order valence-corrected chi connectivity index (χ4v) is 5.24. The van der Waals surface area contributed by atoms with Gasteiger partial charge in [-0.3, -0.25) is 14.6 Å². The molecule has 200 valence electrons. The van der Waals surface area contributed by atoms with E-state index in [4.69, 9.17) is 11.3 Å². The third-order valence-corrected chi connectivity index (χ3v) is 7.58. The number of halogens is 1. The zero-order chi connectivity index (χ0) is 27.2. The molecule has 0 saturated carbocycles. The second kappa shape index (κ2) is 12.1. The van der Waals surface area contributed by atoms with Crippen molar-refractivity contribution in [3.05, 3.63) is 95.4 Å². The summed E-state index contributed by atoms with van der Waals surface area (Å²) >= 11 is 0. The molecule has 0 aliphatic carbocycles. The summed E-state index contributed by atoms with van der Waals surface area (Å²) in [5.41, 5.74) is 2.46. The van der Waals surface area contributed by atoms with Crippen molar-refractivity contribution in [1.29, 1.82) is 0 Å². The van der Waals surface area contributed by atoms with Gasteiger partial charge in [0.25, 0.3) is 5.91 Å². The second-order valence-corrected chi connectivity index (χ2v) is 10.2. The highest BCUT2D eigenvalue weighted by atomic mass is 19.1. The molecule has 0 atom stereocenters. The molecule has 39 heavy (non-hydrogen) atoms. The monoisotopic (exact) mass is 526 g/mol. The highest BCUT2D eigenvalue weighted by Crippen LogP contribution is 2.27. The van der Waals surface area contributed by atoms with Gasteiger partial charge in [-0.05, 0) is 67.3 Å². The summed E-state index contributed by atoms with van der Waals surface area (Å²) in [5.74, 6) is 0.694. The Hall–Kier alpha value is -4.25. The molecule has 1 aromatic heterocycles. The molecule has 3 aromatic rings. The molecule has 2 fully saturated rings. The molecule has 0 N–H and O–H groups in total. The molecular formula is C31H31FN4O3. The van der Waals surface area contributed by atoms with Crippen molar-refractivity contribution < 1.29 is 18.7 Å². The SMILES string of the molecule is [C-]#[N+]c1ccc(OC2CCN(C(=O)c3ccc(C(=O)CC4CCN(c5ccc(F)cc5)CC4)cn3)CC2)cc1. The second-order valence-electron chi connectivity index (χ2n) is 10.2. The highest BCUT2D eigenvalue weighted by molar-refractivity contribution is 5.97. The maximum absolute atomic E-state index is 13.2. The number of ether oxygens (including phenoxy) is 1. The third-order valence-electron chi connectivity index (χ3n) is 7.58. The van der Waals surface area contributed by atoms with Crippen molar-refractivity contribution in [3.8, 4) is 5.75 Å². The maximum atomic E-state index is 13.2. The Morgan fingerprint density at radius 3 is 2.23 bits per heavy atom. The van der Waals surface area contributed by atoms with Gasteiger partial charge < -0.3 is 14.5 Å². The molecule has 1 amide bonds. The third kappa shape index (κ3) is 6.61. The van der Waals surface area contributed by atoms with E-state index in [-0.39, 0.29) is 23.6 Å². The molecule has 8 heteroatoms. The van der Waals surface area contributed by atoms with Crippen LogP contribution in [0, 0.1) is 18.3 Å². The first-order chi connectivity index (χ1) is 19.0. The molecule has 3 heterocycles. The number of benzene rings is 2. The van der Waals surface area contributed by atoms with E-state index in [0.29, 0.717) is 55.2 Å². The predicted molar refractivity (Wildman–Crippen MR) is 147 cm³/mol. The largest absolute Gasteiger partial charge is 0.490 e. The van der Waals surface area contributed by atoms with Crippen molar-refractivity contribution in [2.45, 2.75) is 38.2 Å². The Morgan fingerprint density at radius 1 is 0.923 bits per heavy atom. The molecule has 2 aliphatic heterocycles. The number of anilines is 1. The summed E-state index contributed by atoms with van der Waals surface area (Å²) in [6.07, 6.45) is 5.23. The molecule has 7 nitrogen and oxygen atoms in total. The fraction of sp³-hybridized carbons (Fsp3) is 0.355. The number of carbonyl (C=O) groups is 2. The lowest BCUT2D eigenvalue weighted by molar-refractivity contribution is 0.0589. The standard InChI is InChI=1S/C31H31FN4O3/c1-33-25-5-9-27(10-6-25)39-28-14-18-36(19-15-28)31(38)29-11-2-23(21-34-29)30(37)20-22-12-16-35(17-13-22)26-7-3-24(32)4-8-26/h2-11,21-22,28H,12-20H2. The maximum Gasteiger partial charge on any atom is 0.272 e. The van der Waals surface area contributed by atoms with E-state index in [9.17, 15) is 14.0 Å². The van der Waals surface area contributed by atoms with Gasteiger partial charge in [0.2, 0.25) is 0 Å². The van der Waals surface area contributed by atoms with Gasteiger partial charge in [0.1, 0.15) is 23.4 Å². The van der Waals surface area contributed by atoms with Crippen LogP contribution in [-0.2, 0) is 0 Å². The lowest BCUT2D eigenvalue weighted by Gasteiger charge is -2.33. The number of hydrogen-bond donors (Lipinski definition) is 0. The molecule has 0 radical (unpaired) electrons. The van der Waals surface area contributed by atoms with Crippen molar-refractivity contribution in [2.24, 2.45) is 5.92 Å². The van der Waals surface area contributed by atoms with Crippen LogP contribution in [0.5, 0.6) is 5.75 Å². The minimum atomic E-state index is -0.239. The zero-order valence-corrected chi connectivity index (χ0v) is 21.8. The quantitative estimate of drug-likeness (QED) is 0.281. The topological polar surface area (TPSA) is 67.1 Å². The van der Waals surface area contributed by atoms with Gasteiger partial charge in [-0.1, -0.05) is 12.1 Å². The number of Topliss-reactive ketones (excluding diaryl/α,β-unsaturated/α-hetero) is 1. The minimum Gasteiger partial charge on any atom is -0.490 e. The van der Waals surface area contributed by atoms with Gasteiger partial charge in [-0.2, -0.15) is 0 Å². The van der Waals surface area contributed by atoms with E-state index in [1.807, 2.05) is 0 Å². The van der Waals surface area contributed by atoms with Gasteiger partial charge >= 0.3 is 0 Å². The van der Waals surface area contributed by atoms with E-state index in [0.717, 1.165) is 37.4 Å². The van der Waals surface area contributed by atoms with Crippen LogP contribution in [0.1, 0.15) is 53.0 Å². The van der Waals surface area contributed by atoms with E-state index < -0.39 is 0 Å². The smallest absolute Gasteiger partial charge is 0.272 e. The van der Waals surface area contributed by atoms with Crippen molar-refractivity contribution >= 4 is 23.1 Å². The van der Waals surface area contributed by atoms with E-state index >= 15 is 0 Å². The van der Waals surface area contributed by atoms with Crippen molar-refractivity contribution in [2.75, 3.05) is 31.1 Å². The minimum absolute atomic E-state index is 0.0170. The molecule has 0 spiro atoms. The average Bonchev–Trinajstić information content (AvgIpc) is 2.98. The predicted octanol–water partition coefficient (Wildman–Crippen LogP) is 5.94. The van der Waals surface area contributed by atoms with Gasteiger partial charge in [0.15, 0.2) is 11.5 Å². The Balaban J connectivity index is 1.07. The van der Waals surface area contributed by atoms with Crippen LogP contribution in [0.3, 0.4) is 0 Å². The number of pyridine rings is 1. The summed E-state index contributed by atoms with van der Waals surface area (Å²) in [6.45, 7) is 9.86. The van der Waals surface area contributed by atoms with Crippen LogP contribution in [-0.4, -0.2) is 53.9 Å². The van der Waals surface area contributed by atoms with Crippen LogP contribution in [0.15, 0.2) is 66.9 Å². The summed E-state index contributed by atoms with van der Waals surface area (Å²) < 4.78 is 19.2. The van der Waals surface area contributed by atoms with Gasteiger partial charge in [0, 0.05) is 62.9 Å². The summed E-state index contributed by atoms with van der Waals surface area (Å²) in [5, 5.41) is 0. The molecule has 2 aliphatic rings. The Bertz CT molecular complexity index is 1320. The van der Waals surface area contributed by atoms with Crippen LogP contribution in [0.25, 0.3) is 4.85 Å². The van der Waals surface area contributed by atoms with Crippen molar-refractivity contribution in [1.82, 2.24) is 9.88 Å². The Labute approximate surface area is 228 Å². The van der Waals surface area contributed by atoms with E-state index in [1.165, 1.54) is 18.3 Å². The van der Waals surface area contributed by atoms with E-state index in [2.05, 4.69) is 14.7 Å². The number of rotatable bonds is 7. The number of piperidine rings is 2. The first-order valence-corrected chi connectivity index (χ1v) is 13.4. The lowest BCUT2D eigenvalue weighted by atomic mass is 9.90. The van der Waals surface area contributed by atoms with Gasteiger partial charge in [0.05, 0.1) is 6.57 Å². The number of likely N-dealkylation sites (tertiary alicyclic amines) is 1. The van der Waals surface area contributed by atoms with Gasteiger partial charge in [-0.15, -0.1) is 0 Å². The molecule has 0 bridgehead atoms. The van der Waals surface area contributed by atoms with Gasteiger partial charge in [-0.25, -0.2) is 9.24 Å². The van der Waals surface area contributed by atoms with Crippen molar-refractivity contribution in [3.63, 3.8) is 0 Å². The highest BCUT2D eigenvalue weighted by Gasteiger charge is 2.26. The molecule has 0 unspecified atom stereocenters. The Kier molecular flexibility index (Phi) is 8.16. The first-order valence-electron chi connectivity index (χ1n) is 13.4. The van der Waals surface area contributed by atoms with E-state index in [1.54, 1.807) is 53.4 Å². The van der Waals surface area contributed by atoms with Crippen LogP contribution >= 0.6 is 0 Å². The fourth-order valence-electron chi connectivity index (χ4n) is 5.24. The summed E-state index contributed by atoms with van der Waals surface area (Å²) in [4.78, 5) is 37.6. The van der Waals surface area contributed by atoms with Crippen LogP contribution in [0.4, 0.5) is 15.8 Å². The number of aromatic nitrogens is 1. The normalized spacial score (nSPS) is 16.5. The molecular weight excluding hydrogens is 495 g/mol. The molecule has 2 aromatic carbocycles. The van der Waals surface area contributed by atoms with Crippen LogP contribution in [0.2, 0.25) is 0 Å². The Morgan fingerprint density at radius 2 is 1.62 bits per heavy atom. The number of ketones is 1. The first kappa shape index (κ1) is 26.4. The average molecular weight is 527 g/mol. The number of amides is 1. The summed E-state index contributed by atoms with van der Waals surface area (Å²) in [7, 11) is 0. The number of hydrogen-bond acceptors (Lipinski definition) is 5. The number of nitrogens with zero attached hydrogens (tertiary/aromatic N) is 4.